The van der Waals surface area contributed by atoms with Gasteiger partial charge >= 0.3 is 6.09 Å². The van der Waals surface area contributed by atoms with Gasteiger partial charge in [0.1, 0.15) is 23.9 Å². The Balaban J connectivity index is 2.28. The summed E-state index contributed by atoms with van der Waals surface area (Å²) in [5, 5.41) is 15.5. The number of carbonyl (C=O) groups is 3. The summed E-state index contributed by atoms with van der Waals surface area (Å²) >= 11 is 0. The lowest BCUT2D eigenvalue weighted by Crippen LogP contribution is -2.50. The molecule has 0 heterocycles. The van der Waals surface area contributed by atoms with E-state index in [1.54, 1.807) is 44.7 Å². The number of hydrogen-bond acceptors (Lipinski definition) is 5. The Morgan fingerprint density at radius 3 is 2.44 bits per heavy atom. The van der Waals surface area contributed by atoms with Crippen molar-refractivity contribution in [2.75, 3.05) is 6.54 Å². The van der Waals surface area contributed by atoms with Crippen LogP contribution in [0.2, 0.25) is 0 Å². The van der Waals surface area contributed by atoms with E-state index < -0.39 is 17.7 Å². The first kappa shape index (κ1) is 25.5. The van der Waals surface area contributed by atoms with Crippen molar-refractivity contribution in [1.29, 1.82) is 0 Å². The van der Waals surface area contributed by atoms with Gasteiger partial charge in [0.15, 0.2) is 0 Å². The molecule has 3 amide bonds. The molecule has 2 unspecified atom stereocenters. The molecule has 178 valence electrons. The highest BCUT2D eigenvalue weighted by Gasteiger charge is 2.41. The maximum atomic E-state index is 13.3. The summed E-state index contributed by atoms with van der Waals surface area (Å²) in [5.41, 5.74) is 0.570. The lowest BCUT2D eigenvalue weighted by atomic mass is 10.00. The number of rotatable bonds is 9. The van der Waals surface area contributed by atoms with Gasteiger partial charge < -0.3 is 25.4 Å². The van der Waals surface area contributed by atoms with Crippen LogP contribution in [0, 0.1) is 6.92 Å². The monoisotopic (exact) mass is 447 g/mol. The molecule has 0 bridgehead atoms. The lowest BCUT2D eigenvalue weighted by molar-refractivity contribution is -0.141. The van der Waals surface area contributed by atoms with E-state index in [4.69, 9.17) is 4.74 Å². The quantitative estimate of drug-likeness (QED) is 0.536. The molecule has 1 aromatic rings. The first-order valence-electron chi connectivity index (χ1n) is 11.3. The molecule has 8 nitrogen and oxygen atoms in total. The van der Waals surface area contributed by atoms with Crippen molar-refractivity contribution in [2.45, 2.75) is 91.0 Å². The summed E-state index contributed by atoms with van der Waals surface area (Å²) in [7, 11) is 0. The molecule has 2 rings (SSSR count). The number of aromatic hydroxyl groups is 1. The van der Waals surface area contributed by atoms with E-state index in [9.17, 15) is 19.5 Å². The molecule has 8 heteroatoms. The van der Waals surface area contributed by atoms with E-state index in [1.165, 1.54) is 6.07 Å². The molecule has 0 aliphatic heterocycles. The predicted octanol–water partition coefficient (Wildman–Crippen LogP) is 3.56. The molecule has 0 aromatic heterocycles. The molecule has 0 spiro atoms. The summed E-state index contributed by atoms with van der Waals surface area (Å²) < 4.78 is 5.22. The number of aryl methyl sites for hydroxylation is 1. The first-order chi connectivity index (χ1) is 14.9. The fourth-order valence-corrected chi connectivity index (χ4v) is 3.58. The summed E-state index contributed by atoms with van der Waals surface area (Å²) in [6.07, 6.45) is 2.66. The molecule has 1 fully saturated rings. The number of hydrogen-bond donors (Lipinski definition) is 3. The summed E-state index contributed by atoms with van der Waals surface area (Å²) in [6.45, 7) is 10.7. The highest BCUT2D eigenvalue weighted by Crippen LogP contribution is 2.36. The third kappa shape index (κ3) is 7.43. The van der Waals surface area contributed by atoms with E-state index >= 15 is 0 Å². The van der Waals surface area contributed by atoms with Crippen LogP contribution in [-0.4, -0.2) is 52.1 Å². The number of carbonyl (C=O) groups excluding carboxylic acids is 3. The van der Waals surface area contributed by atoms with Crippen LogP contribution in [0.1, 0.15) is 77.5 Å². The van der Waals surface area contributed by atoms with Crippen LogP contribution < -0.4 is 10.6 Å². The topological polar surface area (TPSA) is 108 Å². The van der Waals surface area contributed by atoms with Crippen LogP contribution in [0.5, 0.6) is 5.75 Å². The Labute approximate surface area is 190 Å². The maximum Gasteiger partial charge on any atom is 0.408 e. The predicted molar refractivity (Wildman–Crippen MR) is 122 cm³/mol. The number of nitrogens with one attached hydrogen (secondary N) is 2. The second-order valence-electron chi connectivity index (χ2n) is 9.53. The van der Waals surface area contributed by atoms with Crippen molar-refractivity contribution in [2.24, 2.45) is 0 Å². The molecule has 0 radical (unpaired) electrons. The smallest absolute Gasteiger partial charge is 0.408 e. The van der Waals surface area contributed by atoms with Gasteiger partial charge in [0, 0.05) is 12.1 Å². The van der Waals surface area contributed by atoms with Gasteiger partial charge in [0.05, 0.1) is 0 Å². The van der Waals surface area contributed by atoms with Crippen LogP contribution in [0.3, 0.4) is 0 Å². The molecule has 1 saturated carbocycles. The van der Waals surface area contributed by atoms with Crippen LogP contribution in [0.15, 0.2) is 18.2 Å². The molecular formula is C24H37N3O5. The number of alkyl carbamates (subject to hydrolysis) is 1. The molecule has 1 aromatic carbocycles. The second kappa shape index (κ2) is 10.7. The van der Waals surface area contributed by atoms with E-state index in [-0.39, 0.29) is 36.2 Å². The van der Waals surface area contributed by atoms with E-state index in [0.29, 0.717) is 11.1 Å². The normalized spacial score (nSPS) is 15.4. The molecule has 3 N–H and O–H groups in total. The van der Waals surface area contributed by atoms with Gasteiger partial charge in [-0.05, 0) is 77.1 Å². The third-order valence-corrected chi connectivity index (χ3v) is 5.18. The highest BCUT2D eigenvalue weighted by atomic mass is 16.6. The van der Waals surface area contributed by atoms with Crippen LogP contribution in [0.25, 0.3) is 0 Å². The van der Waals surface area contributed by atoms with Crippen molar-refractivity contribution in [3.05, 3.63) is 29.3 Å². The van der Waals surface area contributed by atoms with Crippen molar-refractivity contribution in [1.82, 2.24) is 15.5 Å². The molecule has 0 saturated heterocycles. The highest BCUT2D eigenvalue weighted by molar-refractivity contribution is 5.91. The Bertz CT molecular complexity index is 829. The Morgan fingerprint density at radius 2 is 1.91 bits per heavy atom. The summed E-state index contributed by atoms with van der Waals surface area (Å²) in [5.74, 6) is -0.496. The largest absolute Gasteiger partial charge is 0.508 e. The van der Waals surface area contributed by atoms with Gasteiger partial charge in [-0.15, -0.1) is 0 Å². The van der Waals surface area contributed by atoms with Gasteiger partial charge in [-0.25, -0.2) is 4.79 Å². The van der Waals surface area contributed by atoms with Crippen LogP contribution >= 0.6 is 0 Å². The average Bonchev–Trinajstić information content (AvgIpc) is 3.50. The fraction of sp³-hybridized carbons (Fsp3) is 0.625. The van der Waals surface area contributed by atoms with Gasteiger partial charge in [-0.3, -0.25) is 9.59 Å². The van der Waals surface area contributed by atoms with E-state index in [0.717, 1.165) is 25.7 Å². The molecule has 32 heavy (non-hydrogen) atoms. The molecule has 1 aliphatic carbocycles. The van der Waals surface area contributed by atoms with Gasteiger partial charge in [-0.2, -0.15) is 0 Å². The van der Waals surface area contributed by atoms with Crippen molar-refractivity contribution in [3.63, 3.8) is 0 Å². The van der Waals surface area contributed by atoms with Crippen LogP contribution in [-0.2, 0) is 14.3 Å². The number of ether oxygens (including phenoxy) is 1. The first-order valence-corrected chi connectivity index (χ1v) is 11.3. The minimum atomic E-state index is -0.853. The number of phenolic OH excluding ortho intramolecular Hbond substituents is 1. The zero-order valence-corrected chi connectivity index (χ0v) is 20.0. The number of benzene rings is 1. The van der Waals surface area contributed by atoms with Gasteiger partial charge in [-0.1, -0.05) is 19.4 Å². The molecular weight excluding hydrogens is 410 g/mol. The third-order valence-electron chi connectivity index (χ3n) is 5.18. The van der Waals surface area contributed by atoms with Gasteiger partial charge in [0.2, 0.25) is 11.8 Å². The van der Waals surface area contributed by atoms with Crippen molar-refractivity contribution >= 4 is 17.9 Å². The van der Waals surface area contributed by atoms with Crippen LogP contribution in [0.4, 0.5) is 4.79 Å². The Morgan fingerprint density at radius 1 is 1.25 bits per heavy atom. The second-order valence-corrected chi connectivity index (χ2v) is 9.53. The minimum Gasteiger partial charge on any atom is -0.508 e. The fourth-order valence-electron chi connectivity index (χ4n) is 3.58. The zero-order valence-electron chi connectivity index (χ0n) is 20.0. The van der Waals surface area contributed by atoms with E-state index in [1.807, 2.05) is 13.8 Å². The number of phenols is 1. The lowest BCUT2D eigenvalue weighted by Gasteiger charge is -2.33. The summed E-state index contributed by atoms with van der Waals surface area (Å²) in [6, 6.07) is 3.97. The van der Waals surface area contributed by atoms with Crippen molar-refractivity contribution < 1.29 is 24.2 Å². The maximum absolute atomic E-state index is 13.3. The molecule has 1 aliphatic rings. The summed E-state index contributed by atoms with van der Waals surface area (Å²) in [4.78, 5) is 40.2. The number of nitrogens with zero attached hydrogens (tertiary/aromatic N) is 1. The van der Waals surface area contributed by atoms with Gasteiger partial charge in [0.25, 0.3) is 0 Å². The minimum absolute atomic E-state index is 0.0377. The zero-order chi connectivity index (χ0) is 24.1. The standard InChI is InChI=1S/C24H37N3O5/c1-7-8-16(3)26-22(30)21(17-9-12-19(28)15(2)13-17)27(18-10-11-18)20(29)14-25-23(31)32-24(4,5)6/h9,12-13,16,18,21,28H,7-8,10-11,14H2,1-6H3,(H,25,31)(H,26,30). The van der Waals surface area contributed by atoms with E-state index in [2.05, 4.69) is 10.6 Å². The average molecular weight is 448 g/mol. The Kier molecular flexibility index (Phi) is 8.52. The Hall–Kier alpha value is -2.77. The molecule has 2 atom stereocenters. The van der Waals surface area contributed by atoms with Crippen molar-refractivity contribution in [3.8, 4) is 5.75 Å². The number of amides is 3. The SMILES string of the molecule is CCCC(C)NC(=O)C(c1ccc(O)c(C)c1)N(C(=O)CNC(=O)OC(C)(C)C)C1CC1.